The molecule has 4 fully saturated rings. The second kappa shape index (κ2) is 11.3. The van der Waals surface area contributed by atoms with E-state index in [0.29, 0.717) is 5.91 Å². The van der Waals surface area contributed by atoms with Crippen molar-refractivity contribution in [3.63, 3.8) is 0 Å². The van der Waals surface area contributed by atoms with E-state index in [1.54, 1.807) is 0 Å². The predicted molar refractivity (Wildman–Crippen MR) is 133 cm³/mol. The molecule has 2 saturated heterocycles. The van der Waals surface area contributed by atoms with Gasteiger partial charge in [-0.05, 0) is 51.4 Å². The lowest BCUT2D eigenvalue weighted by Gasteiger charge is -2.39. The van der Waals surface area contributed by atoms with Gasteiger partial charge >= 0.3 is 0 Å². The Morgan fingerprint density at radius 3 is 2.27 bits per heavy atom. The third-order valence-corrected chi connectivity index (χ3v) is 7.08. The van der Waals surface area contributed by atoms with Crippen LogP contribution in [0.15, 0.2) is 4.99 Å². The van der Waals surface area contributed by atoms with Gasteiger partial charge in [-0.15, -0.1) is 24.0 Å². The van der Waals surface area contributed by atoms with E-state index >= 15 is 0 Å². The Balaban J connectivity index is 0.00000256. The van der Waals surface area contributed by atoms with Gasteiger partial charge in [-0.2, -0.15) is 0 Å². The lowest BCUT2D eigenvalue weighted by molar-refractivity contribution is -0.135. The van der Waals surface area contributed by atoms with Gasteiger partial charge in [0.2, 0.25) is 5.91 Å². The molecule has 4 rings (SSSR count). The number of likely N-dealkylation sites (tertiary alicyclic amines) is 1. The van der Waals surface area contributed by atoms with Crippen LogP contribution in [0.4, 0.5) is 0 Å². The average Bonchev–Trinajstić information content (AvgIpc) is 3.68. The molecule has 2 aliphatic heterocycles. The van der Waals surface area contributed by atoms with Crippen molar-refractivity contribution >= 4 is 35.8 Å². The van der Waals surface area contributed by atoms with Crippen LogP contribution in [0.3, 0.4) is 0 Å². The topological polar surface area (TPSA) is 54.4 Å². The first-order chi connectivity index (χ1) is 14.2. The summed E-state index contributed by atoms with van der Waals surface area (Å²) in [5.74, 6) is 2.30. The maximum absolute atomic E-state index is 12.7. The van der Waals surface area contributed by atoms with Gasteiger partial charge < -0.3 is 15.1 Å². The van der Waals surface area contributed by atoms with E-state index in [1.807, 2.05) is 11.9 Å². The smallest absolute Gasteiger partial charge is 0.239 e. The van der Waals surface area contributed by atoms with E-state index in [4.69, 9.17) is 0 Å². The molecule has 7 nitrogen and oxygen atoms in total. The Kier molecular flexibility index (Phi) is 9.07. The van der Waals surface area contributed by atoms with Crippen LogP contribution in [0.25, 0.3) is 0 Å². The minimum absolute atomic E-state index is 0. The molecule has 172 valence electrons. The van der Waals surface area contributed by atoms with Gasteiger partial charge in [-0.1, -0.05) is 0 Å². The summed E-state index contributed by atoms with van der Waals surface area (Å²) in [7, 11) is 1.89. The molecule has 0 aromatic carbocycles. The molecule has 2 heterocycles. The van der Waals surface area contributed by atoms with Crippen molar-refractivity contribution in [1.82, 2.24) is 24.9 Å². The Bertz CT molecular complexity index is 580. The second-order valence-electron chi connectivity index (χ2n) is 9.37. The van der Waals surface area contributed by atoms with Crippen molar-refractivity contribution in [2.45, 2.75) is 57.5 Å². The number of carbonyl (C=O) groups excluding carboxylic acids is 1. The number of hydrogen-bond donors (Lipinski definition) is 1. The number of nitrogens with zero attached hydrogens (tertiary/aromatic N) is 5. The van der Waals surface area contributed by atoms with E-state index in [-0.39, 0.29) is 30.0 Å². The number of amides is 1. The summed E-state index contributed by atoms with van der Waals surface area (Å²) in [5.41, 5.74) is 0. The van der Waals surface area contributed by atoms with Crippen molar-refractivity contribution in [3.8, 4) is 0 Å². The van der Waals surface area contributed by atoms with E-state index in [0.717, 1.165) is 83.1 Å². The van der Waals surface area contributed by atoms with Crippen LogP contribution < -0.4 is 5.32 Å². The molecule has 2 aliphatic carbocycles. The first kappa shape index (κ1) is 24.0. The molecule has 8 heteroatoms. The van der Waals surface area contributed by atoms with Crippen LogP contribution in [0.5, 0.6) is 0 Å². The van der Waals surface area contributed by atoms with Crippen LogP contribution in [0.2, 0.25) is 0 Å². The summed E-state index contributed by atoms with van der Waals surface area (Å²) in [5, 5.41) is 3.60. The average molecular weight is 533 g/mol. The monoisotopic (exact) mass is 532 g/mol. The van der Waals surface area contributed by atoms with Gasteiger partial charge in [-0.25, -0.2) is 0 Å². The number of nitrogens with one attached hydrogen (secondary N) is 1. The van der Waals surface area contributed by atoms with E-state index in [2.05, 4.69) is 31.9 Å². The highest BCUT2D eigenvalue weighted by atomic mass is 127. The minimum atomic E-state index is -0.000233. The maximum Gasteiger partial charge on any atom is 0.239 e. The summed E-state index contributed by atoms with van der Waals surface area (Å²) in [4.78, 5) is 26.7. The Morgan fingerprint density at radius 1 is 1.03 bits per heavy atom. The fourth-order valence-electron chi connectivity index (χ4n) is 4.82. The standard InChI is InChI=1S/C22H40N6O.HI/c1-18(21(29)26-10-3-4-11-26)25-13-15-27(16-14-25)22(23-2)24-9-12-28(20-7-8-20)17-19-5-6-19;/h18-20H,3-17H2,1-2H3,(H,23,24);1H. The van der Waals surface area contributed by atoms with Crippen LogP contribution in [0.1, 0.15) is 45.4 Å². The molecule has 2 saturated carbocycles. The molecule has 0 bridgehead atoms. The van der Waals surface area contributed by atoms with E-state index in [9.17, 15) is 4.79 Å². The van der Waals surface area contributed by atoms with Crippen molar-refractivity contribution in [1.29, 1.82) is 0 Å². The predicted octanol–water partition coefficient (Wildman–Crippen LogP) is 1.68. The van der Waals surface area contributed by atoms with Crippen LogP contribution >= 0.6 is 24.0 Å². The molecule has 4 aliphatic rings. The fourth-order valence-corrected chi connectivity index (χ4v) is 4.82. The molecular weight excluding hydrogens is 491 g/mol. The number of guanidine groups is 1. The van der Waals surface area contributed by atoms with Crippen molar-refractivity contribution in [3.05, 3.63) is 0 Å². The van der Waals surface area contributed by atoms with Gasteiger partial charge in [0, 0.05) is 72.0 Å². The molecule has 0 aromatic heterocycles. The van der Waals surface area contributed by atoms with Crippen molar-refractivity contribution < 1.29 is 4.79 Å². The van der Waals surface area contributed by atoms with E-state index in [1.165, 1.54) is 32.2 Å². The quantitative estimate of drug-likeness (QED) is 0.293. The third-order valence-electron chi connectivity index (χ3n) is 7.08. The normalized spacial score (nSPS) is 24.2. The zero-order valence-corrected chi connectivity index (χ0v) is 21.2. The van der Waals surface area contributed by atoms with Gasteiger partial charge in [0.1, 0.15) is 0 Å². The number of hydrogen-bond acceptors (Lipinski definition) is 4. The lowest BCUT2D eigenvalue weighted by Crippen LogP contribution is -2.57. The summed E-state index contributed by atoms with van der Waals surface area (Å²) in [6, 6.07) is 0.845. The van der Waals surface area contributed by atoms with Crippen molar-refractivity contribution in [2.75, 3.05) is 66.0 Å². The zero-order valence-electron chi connectivity index (χ0n) is 18.9. The summed E-state index contributed by atoms with van der Waals surface area (Å²) < 4.78 is 0. The number of halogens is 1. The number of aliphatic imine (C=N–C) groups is 1. The Morgan fingerprint density at radius 2 is 1.70 bits per heavy atom. The summed E-state index contributed by atoms with van der Waals surface area (Å²) >= 11 is 0. The van der Waals surface area contributed by atoms with Crippen LogP contribution in [-0.2, 0) is 4.79 Å². The zero-order chi connectivity index (χ0) is 20.2. The molecule has 0 aromatic rings. The lowest BCUT2D eigenvalue weighted by atomic mass is 10.2. The molecule has 1 amide bonds. The molecule has 1 atom stereocenters. The largest absolute Gasteiger partial charge is 0.355 e. The summed E-state index contributed by atoms with van der Waals surface area (Å²) in [6.07, 6.45) is 7.96. The first-order valence-corrected chi connectivity index (χ1v) is 11.9. The molecule has 1 N–H and O–H groups in total. The number of piperazine rings is 1. The second-order valence-corrected chi connectivity index (χ2v) is 9.37. The molecule has 30 heavy (non-hydrogen) atoms. The van der Waals surface area contributed by atoms with Gasteiger partial charge in [0.15, 0.2) is 5.96 Å². The summed E-state index contributed by atoms with van der Waals surface area (Å²) in [6.45, 7) is 11.1. The van der Waals surface area contributed by atoms with Crippen molar-refractivity contribution in [2.24, 2.45) is 10.9 Å². The van der Waals surface area contributed by atoms with Crippen LogP contribution in [0, 0.1) is 5.92 Å². The maximum atomic E-state index is 12.7. The van der Waals surface area contributed by atoms with E-state index < -0.39 is 0 Å². The highest BCUT2D eigenvalue weighted by Crippen LogP contribution is 2.34. The highest BCUT2D eigenvalue weighted by molar-refractivity contribution is 14.0. The molecule has 1 unspecified atom stereocenters. The molecule has 0 spiro atoms. The van der Waals surface area contributed by atoms with Crippen LogP contribution in [-0.4, -0.2) is 110 Å². The minimum Gasteiger partial charge on any atom is -0.355 e. The van der Waals surface area contributed by atoms with Gasteiger partial charge in [-0.3, -0.25) is 19.6 Å². The molecular formula is C22H41IN6O. The third kappa shape index (κ3) is 6.45. The Hall–Kier alpha value is -0.610. The first-order valence-electron chi connectivity index (χ1n) is 11.9. The van der Waals surface area contributed by atoms with Gasteiger partial charge in [0.25, 0.3) is 0 Å². The highest BCUT2D eigenvalue weighted by Gasteiger charge is 2.33. The SMILES string of the molecule is CN=C(NCCN(CC1CC1)C1CC1)N1CCN(C(C)C(=O)N2CCCC2)CC1.I. The number of rotatable bonds is 8. The van der Waals surface area contributed by atoms with Gasteiger partial charge in [0.05, 0.1) is 6.04 Å². The fraction of sp³-hybridized carbons (Fsp3) is 0.909. The Labute approximate surface area is 199 Å². The number of carbonyl (C=O) groups is 1. The molecule has 0 radical (unpaired) electrons.